The summed E-state index contributed by atoms with van der Waals surface area (Å²) in [6.07, 6.45) is -1.12. The van der Waals surface area contributed by atoms with Crippen LogP contribution >= 0.6 is 0 Å². The van der Waals surface area contributed by atoms with Crippen molar-refractivity contribution in [1.29, 1.82) is 0 Å². The van der Waals surface area contributed by atoms with Gasteiger partial charge in [-0.1, -0.05) is 6.07 Å². The largest absolute Gasteiger partial charge is 0.479 e. The lowest BCUT2D eigenvalue weighted by atomic mass is 10.3. The highest BCUT2D eigenvalue weighted by Crippen LogP contribution is 1.92. The van der Waals surface area contributed by atoms with Crippen LogP contribution in [0.2, 0.25) is 0 Å². The third-order valence-corrected chi connectivity index (χ3v) is 2.02. The molecular weight excluding hydrogens is 228 g/mol. The molecule has 1 atom stereocenters. The van der Waals surface area contributed by atoms with Crippen LogP contribution in [0, 0.1) is 0 Å². The van der Waals surface area contributed by atoms with Crippen molar-refractivity contribution in [1.82, 2.24) is 10.3 Å². The molecule has 0 fully saturated rings. The molecule has 3 N–H and O–H groups in total. The number of methoxy groups -OCH3 is 1. The second kappa shape index (κ2) is 5.80. The molecule has 7 heteroatoms. The maximum absolute atomic E-state index is 11.5. The van der Waals surface area contributed by atoms with E-state index in [2.05, 4.69) is 15.0 Å². The van der Waals surface area contributed by atoms with Gasteiger partial charge in [-0.2, -0.15) is 0 Å². The third kappa shape index (κ3) is 3.72. The van der Waals surface area contributed by atoms with Crippen LogP contribution in [0.5, 0.6) is 0 Å². The average molecular weight is 240 g/mol. The number of carboxylic acid groups (broad SMARTS) is 1. The van der Waals surface area contributed by atoms with Crippen LogP contribution in [-0.2, 0) is 9.53 Å². The molecule has 0 bridgehead atoms. The summed E-state index contributed by atoms with van der Waals surface area (Å²) >= 11 is 0. The van der Waals surface area contributed by atoms with Gasteiger partial charge in [-0.05, 0) is 6.07 Å². The fourth-order valence-corrected chi connectivity index (χ4v) is 1.13. The number of aromatic nitrogens is 1. The molecule has 0 saturated carbocycles. The van der Waals surface area contributed by atoms with Crippen LogP contribution < -0.4 is 10.9 Å². The first-order valence-electron chi connectivity index (χ1n) is 4.77. The molecule has 1 rings (SSSR count). The Kier molecular flexibility index (Phi) is 4.41. The van der Waals surface area contributed by atoms with Gasteiger partial charge in [-0.3, -0.25) is 9.59 Å². The number of carbonyl (C=O) groups is 2. The predicted molar refractivity (Wildman–Crippen MR) is 57.8 cm³/mol. The number of aliphatic carboxylic acids is 1. The summed E-state index contributed by atoms with van der Waals surface area (Å²) in [6, 6.07) is 4.12. The minimum atomic E-state index is -1.17. The summed E-state index contributed by atoms with van der Waals surface area (Å²) in [4.78, 5) is 35.4. The molecule has 0 spiro atoms. The highest BCUT2D eigenvalue weighted by atomic mass is 16.5. The van der Waals surface area contributed by atoms with E-state index in [9.17, 15) is 14.4 Å². The molecular formula is C10H12N2O5. The molecule has 0 saturated heterocycles. The molecule has 0 aliphatic heterocycles. The standard InChI is InChI=1S/C10H12N2O5/c1-17-7(10(15)16)5-11-9(14)6-3-2-4-8(13)12-6/h2-4,7H,5H2,1H3,(H,11,14)(H,12,13)(H,15,16). The minimum absolute atomic E-state index is 0.0674. The molecule has 1 heterocycles. The first kappa shape index (κ1) is 12.9. The Balaban J connectivity index is 2.61. The van der Waals surface area contributed by atoms with Crippen molar-refractivity contribution >= 4 is 11.9 Å². The molecule has 92 valence electrons. The minimum Gasteiger partial charge on any atom is -0.479 e. The zero-order valence-electron chi connectivity index (χ0n) is 9.10. The van der Waals surface area contributed by atoms with Gasteiger partial charge in [0.2, 0.25) is 5.56 Å². The molecule has 0 radical (unpaired) electrons. The van der Waals surface area contributed by atoms with E-state index in [1.165, 1.54) is 25.3 Å². The number of aromatic amines is 1. The molecule has 1 aromatic rings. The number of amides is 1. The molecule has 1 unspecified atom stereocenters. The Hall–Kier alpha value is -2.15. The van der Waals surface area contributed by atoms with Crippen molar-refractivity contribution in [2.75, 3.05) is 13.7 Å². The van der Waals surface area contributed by atoms with Crippen molar-refractivity contribution < 1.29 is 19.4 Å². The molecule has 7 nitrogen and oxygen atoms in total. The fourth-order valence-electron chi connectivity index (χ4n) is 1.13. The highest BCUT2D eigenvalue weighted by Gasteiger charge is 2.17. The maximum Gasteiger partial charge on any atom is 0.334 e. The molecule has 0 aromatic carbocycles. The van der Waals surface area contributed by atoms with E-state index in [1.54, 1.807) is 0 Å². The predicted octanol–water partition coefficient (Wildman–Crippen LogP) is -0.796. The van der Waals surface area contributed by atoms with Crippen molar-refractivity contribution in [2.24, 2.45) is 0 Å². The van der Waals surface area contributed by atoms with Gasteiger partial charge < -0.3 is 20.1 Å². The van der Waals surface area contributed by atoms with Gasteiger partial charge in [-0.15, -0.1) is 0 Å². The van der Waals surface area contributed by atoms with E-state index < -0.39 is 23.5 Å². The smallest absolute Gasteiger partial charge is 0.334 e. The molecule has 0 aliphatic rings. The van der Waals surface area contributed by atoms with Crippen molar-refractivity contribution in [3.05, 3.63) is 34.2 Å². The van der Waals surface area contributed by atoms with Gasteiger partial charge >= 0.3 is 5.97 Å². The SMILES string of the molecule is COC(CNC(=O)c1cccc(=O)[nH]1)C(=O)O. The van der Waals surface area contributed by atoms with E-state index in [1.807, 2.05) is 0 Å². The van der Waals surface area contributed by atoms with Crippen LogP contribution in [0.15, 0.2) is 23.0 Å². The van der Waals surface area contributed by atoms with Gasteiger partial charge in [0.05, 0.1) is 6.54 Å². The Morgan fingerprint density at radius 3 is 2.76 bits per heavy atom. The molecule has 1 aromatic heterocycles. The number of hydrogen-bond donors (Lipinski definition) is 3. The van der Waals surface area contributed by atoms with Crippen molar-refractivity contribution in [3.63, 3.8) is 0 Å². The number of H-pyrrole nitrogens is 1. The summed E-state index contributed by atoms with van der Waals surface area (Å²) in [5, 5.41) is 11.0. The Morgan fingerprint density at radius 1 is 1.53 bits per heavy atom. The summed E-state index contributed by atoms with van der Waals surface area (Å²) in [5.74, 6) is -1.74. The van der Waals surface area contributed by atoms with Gasteiger partial charge in [0.15, 0.2) is 6.10 Å². The summed E-state index contributed by atoms with van der Waals surface area (Å²) < 4.78 is 4.64. The lowest BCUT2D eigenvalue weighted by Crippen LogP contribution is -2.38. The van der Waals surface area contributed by atoms with E-state index in [0.29, 0.717) is 0 Å². The fraction of sp³-hybridized carbons (Fsp3) is 0.300. The van der Waals surface area contributed by atoms with E-state index in [4.69, 9.17) is 5.11 Å². The Labute approximate surface area is 96.4 Å². The van der Waals surface area contributed by atoms with Crippen LogP contribution in [0.25, 0.3) is 0 Å². The number of carbonyl (C=O) groups excluding carboxylic acids is 1. The Bertz CT molecular complexity index is 468. The van der Waals surface area contributed by atoms with Crippen LogP contribution in [0.1, 0.15) is 10.5 Å². The number of nitrogens with one attached hydrogen (secondary N) is 2. The number of hydrogen-bond acceptors (Lipinski definition) is 4. The maximum atomic E-state index is 11.5. The topological polar surface area (TPSA) is 108 Å². The van der Waals surface area contributed by atoms with E-state index >= 15 is 0 Å². The highest BCUT2D eigenvalue weighted by molar-refractivity contribution is 5.92. The second-order valence-corrected chi connectivity index (χ2v) is 3.20. The van der Waals surface area contributed by atoms with Crippen LogP contribution in [0.3, 0.4) is 0 Å². The van der Waals surface area contributed by atoms with Gasteiger partial charge in [0.25, 0.3) is 5.91 Å². The van der Waals surface area contributed by atoms with Crippen LogP contribution in [0.4, 0.5) is 0 Å². The third-order valence-electron chi connectivity index (χ3n) is 2.02. The normalized spacial score (nSPS) is 11.8. The summed E-state index contributed by atoms with van der Waals surface area (Å²) in [7, 11) is 1.23. The Morgan fingerprint density at radius 2 is 2.24 bits per heavy atom. The van der Waals surface area contributed by atoms with Gasteiger partial charge in [-0.25, -0.2) is 4.79 Å². The quantitative estimate of drug-likeness (QED) is 0.624. The summed E-state index contributed by atoms with van der Waals surface area (Å²) in [5.41, 5.74) is -0.336. The van der Waals surface area contributed by atoms with Crippen molar-refractivity contribution in [2.45, 2.75) is 6.10 Å². The second-order valence-electron chi connectivity index (χ2n) is 3.20. The average Bonchev–Trinajstić information content (AvgIpc) is 2.29. The lowest BCUT2D eigenvalue weighted by molar-refractivity contribution is -0.148. The van der Waals surface area contributed by atoms with E-state index in [-0.39, 0.29) is 12.2 Å². The monoisotopic (exact) mass is 240 g/mol. The first-order valence-corrected chi connectivity index (χ1v) is 4.77. The van der Waals surface area contributed by atoms with Gasteiger partial charge in [0, 0.05) is 13.2 Å². The number of carboxylic acids is 1. The zero-order chi connectivity index (χ0) is 12.8. The zero-order valence-corrected chi connectivity index (χ0v) is 9.10. The van der Waals surface area contributed by atoms with E-state index in [0.717, 1.165) is 0 Å². The van der Waals surface area contributed by atoms with Crippen LogP contribution in [-0.4, -0.2) is 41.7 Å². The van der Waals surface area contributed by atoms with Crippen molar-refractivity contribution in [3.8, 4) is 0 Å². The molecule has 0 aliphatic carbocycles. The molecule has 1 amide bonds. The summed E-state index contributed by atoms with van der Waals surface area (Å²) in [6.45, 7) is -0.179. The first-order chi connectivity index (χ1) is 8.04. The number of pyridine rings is 1. The number of ether oxygens (including phenoxy) is 1. The lowest BCUT2D eigenvalue weighted by Gasteiger charge is -2.11. The van der Waals surface area contributed by atoms with Gasteiger partial charge in [0.1, 0.15) is 5.69 Å². The number of rotatable bonds is 5. The molecule has 17 heavy (non-hydrogen) atoms.